The molecule has 1 saturated heterocycles. The molecule has 0 saturated carbocycles. The number of para-hydroxylation sites is 2. The van der Waals surface area contributed by atoms with Gasteiger partial charge in [-0.1, -0.05) is 42.1 Å². The third-order valence-corrected chi connectivity index (χ3v) is 7.70. The van der Waals surface area contributed by atoms with E-state index in [1.165, 1.54) is 17.4 Å². The van der Waals surface area contributed by atoms with E-state index in [1.54, 1.807) is 35.1 Å². The van der Waals surface area contributed by atoms with E-state index in [-0.39, 0.29) is 23.1 Å². The summed E-state index contributed by atoms with van der Waals surface area (Å²) in [5, 5.41) is 3.80. The fourth-order valence-electron chi connectivity index (χ4n) is 4.63. The van der Waals surface area contributed by atoms with Gasteiger partial charge < -0.3 is 19.5 Å². The van der Waals surface area contributed by atoms with Gasteiger partial charge in [-0.25, -0.2) is 4.98 Å². The Balaban J connectivity index is 1.18. The van der Waals surface area contributed by atoms with E-state index in [1.807, 2.05) is 35.2 Å². The van der Waals surface area contributed by atoms with Gasteiger partial charge in [0.2, 0.25) is 11.8 Å². The van der Waals surface area contributed by atoms with Crippen molar-refractivity contribution >= 4 is 40.2 Å². The minimum Gasteiger partial charge on any atom is -0.467 e. The lowest BCUT2D eigenvalue weighted by Crippen LogP contribution is -2.48. The summed E-state index contributed by atoms with van der Waals surface area (Å²) < 4.78 is 6.84. The number of carbonyl (C=O) groups is 2. The molecule has 2 amide bonds. The maximum Gasteiger partial charge on any atom is 0.262 e. The largest absolute Gasteiger partial charge is 0.467 e. The highest BCUT2D eigenvalue weighted by molar-refractivity contribution is 7.99. The number of anilines is 1. The predicted molar refractivity (Wildman–Crippen MR) is 152 cm³/mol. The van der Waals surface area contributed by atoms with Crippen LogP contribution in [0, 0.1) is 0 Å². The lowest BCUT2D eigenvalue weighted by molar-refractivity contribution is -0.131. The Morgan fingerprint density at radius 3 is 2.49 bits per heavy atom. The number of nitrogens with one attached hydrogen (secondary N) is 1. The molecule has 10 heteroatoms. The number of hydrogen-bond acceptors (Lipinski definition) is 7. The van der Waals surface area contributed by atoms with Crippen LogP contribution in [0.2, 0.25) is 0 Å². The number of rotatable bonds is 10. The molecule has 1 N–H and O–H groups in total. The van der Waals surface area contributed by atoms with Gasteiger partial charge in [-0.05, 0) is 42.8 Å². The first-order valence-electron chi connectivity index (χ1n) is 13.1. The van der Waals surface area contributed by atoms with Crippen LogP contribution in [0.4, 0.5) is 5.69 Å². The molecule has 9 nitrogen and oxygen atoms in total. The lowest BCUT2D eigenvalue weighted by Gasteiger charge is -2.36. The highest BCUT2D eigenvalue weighted by atomic mass is 32.2. The number of amides is 2. The lowest BCUT2D eigenvalue weighted by atomic mass is 10.2. The summed E-state index contributed by atoms with van der Waals surface area (Å²) in [6.07, 6.45) is 2.41. The highest BCUT2D eigenvalue weighted by Crippen LogP contribution is 2.19. The Hall–Kier alpha value is -4.05. The molecule has 3 heterocycles. The fraction of sp³-hybridized carbons (Fsp3) is 0.310. The zero-order chi connectivity index (χ0) is 27.0. The number of hydrogen-bond donors (Lipinski definition) is 1. The summed E-state index contributed by atoms with van der Waals surface area (Å²) in [6.45, 7) is 3.60. The molecule has 0 aliphatic carbocycles. The molecule has 4 aromatic rings. The Bertz CT molecular complexity index is 1460. The molecule has 2 aromatic heterocycles. The van der Waals surface area contributed by atoms with Crippen molar-refractivity contribution < 1.29 is 14.0 Å². The summed E-state index contributed by atoms with van der Waals surface area (Å²) >= 11 is 1.21. The fourth-order valence-corrected chi connectivity index (χ4v) is 5.49. The first-order valence-corrected chi connectivity index (χ1v) is 14.1. The van der Waals surface area contributed by atoms with E-state index in [0.717, 1.165) is 13.1 Å². The molecule has 0 atom stereocenters. The average Bonchev–Trinajstić information content (AvgIpc) is 3.51. The molecule has 1 aliphatic heterocycles. The van der Waals surface area contributed by atoms with Gasteiger partial charge in [0.15, 0.2) is 5.16 Å². The number of thioether (sulfide) groups is 1. The van der Waals surface area contributed by atoms with E-state index in [0.29, 0.717) is 60.8 Å². The molecule has 1 fully saturated rings. The number of carbonyl (C=O) groups excluding carboxylic acids is 2. The van der Waals surface area contributed by atoms with Crippen molar-refractivity contribution in [2.24, 2.45) is 0 Å². The monoisotopic (exact) mass is 545 g/mol. The summed E-state index contributed by atoms with van der Waals surface area (Å²) in [5.41, 5.74) is 1.60. The summed E-state index contributed by atoms with van der Waals surface area (Å²) in [5.74, 6) is 0.683. The second-order valence-corrected chi connectivity index (χ2v) is 10.3. The third-order valence-electron chi connectivity index (χ3n) is 6.72. The molecule has 0 bridgehead atoms. The van der Waals surface area contributed by atoms with Crippen LogP contribution in [-0.4, -0.2) is 58.2 Å². The predicted octanol–water partition coefficient (Wildman–Crippen LogP) is 3.53. The minimum atomic E-state index is -0.185. The number of piperazine rings is 1. The van der Waals surface area contributed by atoms with Crippen molar-refractivity contribution in [2.45, 2.75) is 31.1 Å². The molecule has 0 spiro atoms. The topological polar surface area (TPSA) is 101 Å². The zero-order valence-corrected chi connectivity index (χ0v) is 22.4. The van der Waals surface area contributed by atoms with Crippen LogP contribution in [0.5, 0.6) is 0 Å². The zero-order valence-electron chi connectivity index (χ0n) is 21.6. The Morgan fingerprint density at radius 2 is 1.72 bits per heavy atom. The molecule has 39 heavy (non-hydrogen) atoms. The number of benzene rings is 2. The summed E-state index contributed by atoms with van der Waals surface area (Å²) in [6, 6.07) is 21.0. The van der Waals surface area contributed by atoms with Gasteiger partial charge in [-0.2, -0.15) is 0 Å². The van der Waals surface area contributed by atoms with Crippen LogP contribution in [0.3, 0.4) is 0 Å². The van der Waals surface area contributed by atoms with E-state index in [9.17, 15) is 14.4 Å². The van der Waals surface area contributed by atoms with Gasteiger partial charge in [-0.15, -0.1) is 0 Å². The van der Waals surface area contributed by atoms with Crippen LogP contribution < -0.4 is 15.8 Å². The third kappa shape index (κ3) is 6.69. The van der Waals surface area contributed by atoms with Crippen LogP contribution in [-0.2, 0) is 22.7 Å². The normalized spacial score (nSPS) is 13.5. The number of aromatic nitrogens is 2. The molecule has 0 unspecified atom stereocenters. The number of nitrogens with zero attached hydrogens (tertiary/aromatic N) is 4. The maximum atomic E-state index is 13.3. The smallest absolute Gasteiger partial charge is 0.262 e. The van der Waals surface area contributed by atoms with Crippen LogP contribution in [0.25, 0.3) is 10.9 Å². The second kappa shape index (κ2) is 12.7. The van der Waals surface area contributed by atoms with Gasteiger partial charge in [0, 0.05) is 44.8 Å². The van der Waals surface area contributed by atoms with Crippen molar-refractivity contribution in [3.63, 3.8) is 0 Å². The van der Waals surface area contributed by atoms with Crippen molar-refractivity contribution in [1.29, 1.82) is 0 Å². The summed E-state index contributed by atoms with van der Waals surface area (Å²) in [4.78, 5) is 47.5. The second-order valence-electron chi connectivity index (χ2n) is 9.32. The standard InChI is InChI=1S/C29H31N5O4S/c35-26(30-20-23-10-7-19-38-23)21-39-29-31-25-12-5-4-11-24(25)28(37)34(29)14-6-13-27(36)33-17-15-32(16-18-33)22-8-2-1-3-9-22/h1-5,7-12,19H,6,13-18,20-21H2,(H,30,35). The van der Waals surface area contributed by atoms with E-state index >= 15 is 0 Å². The van der Waals surface area contributed by atoms with Crippen LogP contribution in [0.1, 0.15) is 18.6 Å². The van der Waals surface area contributed by atoms with Gasteiger partial charge in [0.25, 0.3) is 5.56 Å². The maximum absolute atomic E-state index is 13.3. The van der Waals surface area contributed by atoms with E-state index in [2.05, 4.69) is 27.3 Å². The molecule has 1 aliphatic rings. The van der Waals surface area contributed by atoms with Crippen molar-refractivity contribution in [2.75, 3.05) is 36.8 Å². The Labute approximate surface area is 230 Å². The Morgan fingerprint density at radius 1 is 0.949 bits per heavy atom. The summed E-state index contributed by atoms with van der Waals surface area (Å²) in [7, 11) is 0. The highest BCUT2D eigenvalue weighted by Gasteiger charge is 2.21. The number of fused-ring (bicyclic) bond motifs is 1. The van der Waals surface area contributed by atoms with Crippen molar-refractivity contribution in [3.8, 4) is 0 Å². The molecule has 2 aromatic carbocycles. The first kappa shape index (κ1) is 26.6. The van der Waals surface area contributed by atoms with Gasteiger partial charge in [0.05, 0.1) is 29.5 Å². The first-order chi connectivity index (χ1) is 19.1. The van der Waals surface area contributed by atoms with E-state index < -0.39 is 0 Å². The van der Waals surface area contributed by atoms with Gasteiger partial charge >= 0.3 is 0 Å². The molecule has 202 valence electrons. The van der Waals surface area contributed by atoms with Gasteiger partial charge in [0.1, 0.15) is 5.76 Å². The van der Waals surface area contributed by atoms with Crippen molar-refractivity contribution in [1.82, 2.24) is 19.8 Å². The molecular weight excluding hydrogens is 514 g/mol. The number of furan rings is 1. The van der Waals surface area contributed by atoms with Crippen LogP contribution in [0.15, 0.2) is 87.4 Å². The quantitative estimate of drug-likeness (QED) is 0.240. The van der Waals surface area contributed by atoms with E-state index in [4.69, 9.17) is 4.42 Å². The van der Waals surface area contributed by atoms with Crippen LogP contribution >= 0.6 is 11.8 Å². The molecular formula is C29H31N5O4S. The van der Waals surface area contributed by atoms with Gasteiger partial charge in [-0.3, -0.25) is 19.0 Å². The average molecular weight is 546 g/mol. The molecule has 0 radical (unpaired) electrons. The minimum absolute atomic E-state index is 0.0935. The SMILES string of the molecule is O=C(CSc1nc2ccccc2c(=O)n1CCCC(=O)N1CCN(c2ccccc2)CC1)NCc1ccco1. The van der Waals surface area contributed by atoms with Crippen molar-refractivity contribution in [3.05, 3.63) is 89.1 Å². The molecule has 5 rings (SSSR count). The Kier molecular flexibility index (Phi) is 8.62.